The zero-order valence-electron chi connectivity index (χ0n) is 22.1. The number of anilines is 2. The van der Waals surface area contributed by atoms with E-state index < -0.39 is 0 Å². The summed E-state index contributed by atoms with van der Waals surface area (Å²) in [5, 5.41) is 2.96. The molecule has 0 atom stereocenters. The number of piperazine rings is 1. The van der Waals surface area contributed by atoms with Gasteiger partial charge in [-0.2, -0.15) is 0 Å². The molecule has 3 fully saturated rings. The van der Waals surface area contributed by atoms with Crippen LogP contribution < -0.4 is 15.0 Å². The summed E-state index contributed by atoms with van der Waals surface area (Å²) in [5.74, 6) is 1.50. The highest BCUT2D eigenvalue weighted by molar-refractivity contribution is 5.95. The van der Waals surface area contributed by atoms with Crippen LogP contribution >= 0.6 is 0 Å². The van der Waals surface area contributed by atoms with E-state index in [4.69, 9.17) is 9.47 Å². The quantitative estimate of drug-likeness (QED) is 0.586. The molecule has 38 heavy (non-hydrogen) atoms. The van der Waals surface area contributed by atoms with Crippen molar-refractivity contribution >= 4 is 23.3 Å². The number of urea groups is 1. The van der Waals surface area contributed by atoms with Gasteiger partial charge >= 0.3 is 6.03 Å². The predicted octanol–water partition coefficient (Wildman–Crippen LogP) is 4.26. The number of amides is 3. The van der Waals surface area contributed by atoms with Gasteiger partial charge in [-0.05, 0) is 36.6 Å². The Bertz CT molecular complexity index is 1080. The van der Waals surface area contributed by atoms with Gasteiger partial charge in [0.25, 0.3) is 5.91 Å². The Morgan fingerprint density at radius 1 is 0.947 bits per heavy atom. The number of hydrogen-bond acceptors (Lipinski definition) is 6. The standard InChI is InChI=1S/C29H39N5O4/c35-28(24-7-4-8-27(19-24)38-16-9-23-5-2-1-3-6-23)33-10-12-34(13-11-33)29(36)31-25-20-26(22-30-21-25)32-14-17-37-18-15-32/h4,7-8,19-23H,1-3,5-6,9-18H2,(H,31,36). The number of pyridine rings is 1. The molecular formula is C29H39N5O4. The molecule has 1 aromatic heterocycles. The van der Waals surface area contributed by atoms with E-state index in [9.17, 15) is 9.59 Å². The van der Waals surface area contributed by atoms with E-state index in [2.05, 4.69) is 15.2 Å². The maximum atomic E-state index is 13.2. The summed E-state index contributed by atoms with van der Waals surface area (Å²) in [7, 11) is 0. The van der Waals surface area contributed by atoms with Crippen molar-refractivity contribution in [2.45, 2.75) is 38.5 Å². The molecule has 9 heteroatoms. The Hall–Kier alpha value is -3.33. The van der Waals surface area contributed by atoms with Crippen LogP contribution in [0.25, 0.3) is 0 Å². The van der Waals surface area contributed by atoms with Gasteiger partial charge in [0.15, 0.2) is 0 Å². The average Bonchev–Trinajstić information content (AvgIpc) is 2.98. The minimum atomic E-state index is -0.175. The summed E-state index contributed by atoms with van der Waals surface area (Å²) in [4.78, 5) is 36.1. The van der Waals surface area contributed by atoms with Gasteiger partial charge in [-0.3, -0.25) is 9.78 Å². The number of benzene rings is 1. The monoisotopic (exact) mass is 521 g/mol. The fourth-order valence-corrected chi connectivity index (χ4v) is 5.53. The summed E-state index contributed by atoms with van der Waals surface area (Å²) in [6, 6.07) is 9.25. The predicted molar refractivity (Wildman–Crippen MR) is 147 cm³/mol. The zero-order valence-corrected chi connectivity index (χ0v) is 22.1. The van der Waals surface area contributed by atoms with Crippen molar-refractivity contribution < 1.29 is 19.1 Å². The molecule has 0 bridgehead atoms. The SMILES string of the molecule is O=C(Nc1cncc(N2CCOCC2)c1)N1CCN(C(=O)c2cccc(OCCC3CCCCC3)c2)CC1. The highest BCUT2D eigenvalue weighted by Crippen LogP contribution is 2.27. The van der Waals surface area contributed by atoms with E-state index in [1.165, 1.54) is 32.1 Å². The van der Waals surface area contributed by atoms with Crippen LogP contribution in [0.5, 0.6) is 5.75 Å². The van der Waals surface area contributed by atoms with E-state index >= 15 is 0 Å². The first-order valence-electron chi connectivity index (χ1n) is 14.0. The fourth-order valence-electron chi connectivity index (χ4n) is 5.53. The number of aromatic nitrogens is 1. The van der Waals surface area contributed by atoms with Gasteiger partial charge in [-0.15, -0.1) is 0 Å². The van der Waals surface area contributed by atoms with Crippen molar-refractivity contribution in [2.75, 3.05) is 69.3 Å². The van der Waals surface area contributed by atoms with Gasteiger partial charge in [-0.25, -0.2) is 4.79 Å². The van der Waals surface area contributed by atoms with Gasteiger partial charge in [0, 0.05) is 44.8 Å². The molecule has 2 aromatic rings. The van der Waals surface area contributed by atoms with Crippen LogP contribution in [0.1, 0.15) is 48.9 Å². The molecule has 5 rings (SSSR count). The highest BCUT2D eigenvalue weighted by atomic mass is 16.5. The number of carbonyl (C=O) groups excluding carboxylic acids is 2. The second kappa shape index (κ2) is 13.0. The molecule has 1 saturated carbocycles. The van der Waals surface area contributed by atoms with Crippen LogP contribution in [0, 0.1) is 5.92 Å². The second-order valence-electron chi connectivity index (χ2n) is 10.4. The van der Waals surface area contributed by atoms with Crippen LogP contribution in [0.15, 0.2) is 42.7 Å². The smallest absolute Gasteiger partial charge is 0.322 e. The zero-order chi connectivity index (χ0) is 26.2. The molecule has 3 heterocycles. The van der Waals surface area contributed by atoms with E-state index in [1.54, 1.807) is 11.1 Å². The van der Waals surface area contributed by atoms with Crippen molar-refractivity contribution in [3.8, 4) is 5.75 Å². The Morgan fingerprint density at radius 2 is 1.71 bits per heavy atom. The first-order chi connectivity index (χ1) is 18.7. The largest absolute Gasteiger partial charge is 0.494 e. The van der Waals surface area contributed by atoms with Crippen molar-refractivity contribution in [1.82, 2.24) is 14.8 Å². The topological polar surface area (TPSA) is 87.2 Å². The van der Waals surface area contributed by atoms with Crippen molar-refractivity contribution in [3.63, 3.8) is 0 Å². The van der Waals surface area contributed by atoms with Crippen LogP contribution in [0.2, 0.25) is 0 Å². The summed E-state index contributed by atoms with van der Waals surface area (Å²) < 4.78 is 11.4. The summed E-state index contributed by atoms with van der Waals surface area (Å²) in [5.41, 5.74) is 2.27. The minimum Gasteiger partial charge on any atom is -0.494 e. The van der Waals surface area contributed by atoms with Crippen LogP contribution in [0.3, 0.4) is 0 Å². The van der Waals surface area contributed by atoms with E-state index in [1.807, 2.05) is 41.4 Å². The van der Waals surface area contributed by atoms with E-state index in [0.717, 1.165) is 36.9 Å². The first-order valence-corrected chi connectivity index (χ1v) is 14.0. The van der Waals surface area contributed by atoms with Crippen LogP contribution in [-0.4, -0.2) is 85.8 Å². The number of nitrogens with one attached hydrogen (secondary N) is 1. The molecule has 0 radical (unpaired) electrons. The third-order valence-corrected chi connectivity index (χ3v) is 7.81. The van der Waals surface area contributed by atoms with Gasteiger partial charge in [0.2, 0.25) is 0 Å². The Kier molecular flexibility index (Phi) is 8.96. The van der Waals surface area contributed by atoms with Gasteiger partial charge in [-0.1, -0.05) is 38.2 Å². The third-order valence-electron chi connectivity index (χ3n) is 7.81. The number of rotatable bonds is 7. The Morgan fingerprint density at radius 3 is 2.50 bits per heavy atom. The molecule has 2 saturated heterocycles. The number of nitrogens with zero attached hydrogens (tertiary/aromatic N) is 4. The molecule has 0 spiro atoms. The summed E-state index contributed by atoms with van der Waals surface area (Å²) >= 11 is 0. The molecule has 9 nitrogen and oxygen atoms in total. The van der Waals surface area contributed by atoms with Gasteiger partial charge < -0.3 is 29.5 Å². The number of carbonyl (C=O) groups is 2. The molecule has 204 valence electrons. The third kappa shape index (κ3) is 6.95. The Balaban J connectivity index is 1.09. The van der Waals surface area contributed by atoms with Crippen molar-refractivity contribution in [2.24, 2.45) is 5.92 Å². The van der Waals surface area contributed by atoms with Crippen molar-refractivity contribution in [3.05, 3.63) is 48.3 Å². The number of morpholine rings is 1. The lowest BCUT2D eigenvalue weighted by Gasteiger charge is -2.35. The fraction of sp³-hybridized carbons (Fsp3) is 0.552. The normalized spacial score (nSPS) is 18.8. The van der Waals surface area contributed by atoms with E-state index in [0.29, 0.717) is 57.3 Å². The number of ether oxygens (including phenoxy) is 2. The molecule has 1 aromatic carbocycles. The Labute approximate surface area is 225 Å². The minimum absolute atomic E-state index is 0.0230. The molecule has 2 aliphatic heterocycles. The summed E-state index contributed by atoms with van der Waals surface area (Å²) in [6.07, 6.45) is 11.2. The maximum absolute atomic E-state index is 13.2. The lowest BCUT2D eigenvalue weighted by atomic mass is 9.87. The molecular weight excluding hydrogens is 482 g/mol. The van der Waals surface area contributed by atoms with Gasteiger partial charge in [0.05, 0.1) is 43.6 Å². The lowest BCUT2D eigenvalue weighted by molar-refractivity contribution is 0.0671. The second-order valence-corrected chi connectivity index (χ2v) is 10.4. The highest BCUT2D eigenvalue weighted by Gasteiger charge is 2.25. The number of hydrogen-bond donors (Lipinski definition) is 1. The maximum Gasteiger partial charge on any atom is 0.322 e. The van der Waals surface area contributed by atoms with Crippen molar-refractivity contribution in [1.29, 1.82) is 0 Å². The van der Waals surface area contributed by atoms with Crippen LogP contribution in [-0.2, 0) is 4.74 Å². The molecule has 0 unspecified atom stereocenters. The van der Waals surface area contributed by atoms with Crippen LogP contribution in [0.4, 0.5) is 16.2 Å². The molecule has 1 aliphatic carbocycles. The first kappa shape index (κ1) is 26.3. The molecule has 1 N–H and O–H groups in total. The van der Waals surface area contributed by atoms with Gasteiger partial charge in [0.1, 0.15) is 5.75 Å². The summed E-state index contributed by atoms with van der Waals surface area (Å²) in [6.45, 7) is 5.64. The van der Waals surface area contributed by atoms with E-state index in [-0.39, 0.29) is 11.9 Å². The lowest BCUT2D eigenvalue weighted by Crippen LogP contribution is -2.51. The molecule has 3 aliphatic rings. The molecule has 3 amide bonds. The average molecular weight is 522 g/mol.